The summed E-state index contributed by atoms with van der Waals surface area (Å²) in [7, 11) is 0. The van der Waals surface area contributed by atoms with Crippen LogP contribution in [0.5, 0.6) is 0 Å². The number of esters is 1. The van der Waals surface area contributed by atoms with E-state index in [0.717, 1.165) is 31.4 Å². The quantitative estimate of drug-likeness (QED) is 0.104. The number of fused-ring (bicyclic) bond motifs is 2. The Labute approximate surface area is 267 Å². The van der Waals surface area contributed by atoms with Crippen molar-refractivity contribution in [2.45, 2.75) is 50.3 Å². The summed E-state index contributed by atoms with van der Waals surface area (Å²) in [6, 6.07) is 26.5. The Balaban J connectivity index is 1.23. The van der Waals surface area contributed by atoms with Gasteiger partial charge in [-0.1, -0.05) is 66.2 Å². The van der Waals surface area contributed by atoms with Crippen LogP contribution >= 0.6 is 34.2 Å². The lowest BCUT2D eigenvalue weighted by Gasteiger charge is -2.29. The maximum atomic E-state index is 13.6. The smallest absolute Gasteiger partial charge is 0.338 e. The topological polar surface area (TPSA) is 84.7 Å². The number of aromatic nitrogens is 3. The van der Waals surface area contributed by atoms with Crippen LogP contribution in [0.4, 0.5) is 0 Å². The third-order valence-corrected chi connectivity index (χ3v) is 8.87. The number of ether oxygens (including phenoxy) is 4. The predicted octanol–water partition coefficient (Wildman–Crippen LogP) is 7.37. The number of nitrogens with zero attached hydrogens (tertiary/aromatic N) is 3. The fourth-order valence-corrected chi connectivity index (χ4v) is 6.48. The molecule has 218 valence electrons. The Hall–Kier alpha value is -3.35. The van der Waals surface area contributed by atoms with Crippen molar-refractivity contribution in [1.29, 1.82) is 0 Å². The fraction of sp³-hybridized carbons (Fsp3) is 0.242. The standard InChI is InChI=1S/C33H27ClIN3O5/c1-33(2)42-27-26(40-31(28(27)43-33)38-17-16-24-29(35)36-18-37-30(24)38)25(21-12-14-23(34)15-13-21)41-32(39)22-10-8-20(9-11-22)19-6-4-3-5-7-19/h3-18,25-28,31H,1-2H3/t25?,26-,27-,28-,31-/m1/s1. The summed E-state index contributed by atoms with van der Waals surface area (Å²) in [5, 5.41) is 1.48. The van der Waals surface area contributed by atoms with Crippen LogP contribution in [-0.4, -0.2) is 44.6 Å². The molecule has 2 aliphatic rings. The van der Waals surface area contributed by atoms with Crippen LogP contribution in [0, 0.1) is 3.70 Å². The molecule has 4 heterocycles. The van der Waals surface area contributed by atoms with Gasteiger partial charge >= 0.3 is 5.97 Å². The zero-order valence-corrected chi connectivity index (χ0v) is 26.2. The van der Waals surface area contributed by atoms with Crippen LogP contribution in [0.2, 0.25) is 5.02 Å². The molecule has 0 spiro atoms. The van der Waals surface area contributed by atoms with E-state index in [4.69, 9.17) is 30.5 Å². The van der Waals surface area contributed by atoms with E-state index in [1.807, 2.05) is 85.3 Å². The lowest BCUT2D eigenvalue weighted by molar-refractivity contribution is -0.207. The minimum atomic E-state index is -0.871. The van der Waals surface area contributed by atoms with Crippen molar-refractivity contribution in [2.24, 2.45) is 0 Å². The highest BCUT2D eigenvalue weighted by Gasteiger charge is 2.59. The van der Waals surface area contributed by atoms with Crippen molar-refractivity contribution in [3.05, 3.63) is 117 Å². The maximum absolute atomic E-state index is 13.6. The Kier molecular flexibility index (Phi) is 7.46. The molecular formula is C33H27ClIN3O5. The minimum Gasteiger partial charge on any atom is -0.451 e. The van der Waals surface area contributed by atoms with Crippen molar-refractivity contribution >= 4 is 51.2 Å². The molecule has 8 nitrogen and oxygen atoms in total. The van der Waals surface area contributed by atoms with E-state index in [-0.39, 0.29) is 0 Å². The van der Waals surface area contributed by atoms with Gasteiger partial charge in [-0.3, -0.25) is 0 Å². The molecule has 7 rings (SSSR count). The van der Waals surface area contributed by atoms with Crippen LogP contribution in [-0.2, 0) is 18.9 Å². The summed E-state index contributed by atoms with van der Waals surface area (Å²) in [6.07, 6.45) is 0.335. The van der Waals surface area contributed by atoms with Gasteiger partial charge in [-0.25, -0.2) is 14.8 Å². The van der Waals surface area contributed by atoms with Gasteiger partial charge in [-0.15, -0.1) is 0 Å². The normalized spacial score (nSPS) is 23.3. The molecule has 5 aromatic rings. The van der Waals surface area contributed by atoms with Gasteiger partial charge in [-0.2, -0.15) is 0 Å². The summed E-state index contributed by atoms with van der Waals surface area (Å²) in [6.45, 7) is 3.74. The predicted molar refractivity (Wildman–Crippen MR) is 169 cm³/mol. The molecule has 0 bridgehead atoms. The number of halogens is 2. The highest BCUT2D eigenvalue weighted by Crippen LogP contribution is 2.48. The van der Waals surface area contributed by atoms with E-state index in [9.17, 15) is 4.79 Å². The molecule has 2 aromatic heterocycles. The SMILES string of the molecule is CC1(C)O[C@@H]2[C@H](O1)[C@@H](C(OC(=O)c1ccc(-c3ccccc3)cc1)c1ccc(Cl)cc1)O[C@H]2n1ccc2c(I)ncnc21. The van der Waals surface area contributed by atoms with Crippen LogP contribution < -0.4 is 0 Å². The highest BCUT2D eigenvalue weighted by molar-refractivity contribution is 14.1. The first-order valence-corrected chi connectivity index (χ1v) is 15.3. The van der Waals surface area contributed by atoms with Crippen molar-refractivity contribution in [2.75, 3.05) is 0 Å². The third-order valence-electron chi connectivity index (χ3n) is 7.76. The van der Waals surface area contributed by atoms with Crippen molar-refractivity contribution in [3.63, 3.8) is 0 Å². The molecule has 0 aliphatic carbocycles. The minimum absolute atomic E-state index is 0.427. The van der Waals surface area contributed by atoms with Crippen LogP contribution in [0.15, 0.2) is 97.5 Å². The Bertz CT molecular complexity index is 1780. The van der Waals surface area contributed by atoms with Crippen molar-refractivity contribution in [3.8, 4) is 11.1 Å². The van der Waals surface area contributed by atoms with Gasteiger partial charge in [-0.05, 0) is 83.5 Å². The second kappa shape index (κ2) is 11.3. The third kappa shape index (κ3) is 5.44. The van der Waals surface area contributed by atoms with E-state index < -0.39 is 42.4 Å². The number of carbonyl (C=O) groups is 1. The first-order chi connectivity index (χ1) is 20.8. The molecule has 1 unspecified atom stereocenters. The first kappa shape index (κ1) is 28.4. The van der Waals surface area contributed by atoms with Crippen LogP contribution in [0.1, 0.15) is 42.1 Å². The molecule has 43 heavy (non-hydrogen) atoms. The van der Waals surface area contributed by atoms with Crippen LogP contribution in [0.3, 0.4) is 0 Å². The lowest BCUT2D eigenvalue weighted by atomic mass is 9.98. The van der Waals surface area contributed by atoms with E-state index in [1.54, 1.807) is 24.3 Å². The Morgan fingerprint density at radius 1 is 0.930 bits per heavy atom. The summed E-state index contributed by atoms with van der Waals surface area (Å²) < 4.78 is 28.6. The van der Waals surface area contributed by atoms with Crippen molar-refractivity contribution in [1.82, 2.24) is 14.5 Å². The molecule has 10 heteroatoms. The molecule has 2 saturated heterocycles. The van der Waals surface area contributed by atoms with E-state index in [1.165, 1.54) is 6.33 Å². The number of carbonyl (C=O) groups excluding carboxylic acids is 1. The first-order valence-electron chi connectivity index (χ1n) is 13.9. The summed E-state index contributed by atoms with van der Waals surface area (Å²) in [4.78, 5) is 22.5. The van der Waals surface area contributed by atoms with Gasteiger partial charge in [0.1, 0.15) is 34.0 Å². The second-order valence-electron chi connectivity index (χ2n) is 11.0. The molecule has 3 aromatic carbocycles. The van der Waals surface area contributed by atoms with Gasteiger partial charge in [0, 0.05) is 11.2 Å². The van der Waals surface area contributed by atoms with Gasteiger partial charge in [0.15, 0.2) is 18.1 Å². The zero-order chi connectivity index (χ0) is 29.7. The van der Waals surface area contributed by atoms with Gasteiger partial charge in [0.2, 0.25) is 0 Å². The van der Waals surface area contributed by atoms with Gasteiger partial charge < -0.3 is 23.5 Å². The number of rotatable bonds is 6. The summed E-state index contributed by atoms with van der Waals surface area (Å²) >= 11 is 8.42. The lowest BCUT2D eigenvalue weighted by Crippen LogP contribution is -2.36. The molecular weight excluding hydrogens is 681 g/mol. The fourth-order valence-electron chi connectivity index (χ4n) is 5.81. The maximum Gasteiger partial charge on any atom is 0.338 e. The van der Waals surface area contributed by atoms with Crippen LogP contribution in [0.25, 0.3) is 22.2 Å². The zero-order valence-electron chi connectivity index (χ0n) is 23.3. The average molecular weight is 708 g/mol. The van der Waals surface area contributed by atoms with Crippen molar-refractivity contribution < 1.29 is 23.7 Å². The molecule has 0 N–H and O–H groups in total. The number of benzene rings is 3. The monoisotopic (exact) mass is 707 g/mol. The molecule has 5 atom stereocenters. The molecule has 2 fully saturated rings. The second-order valence-corrected chi connectivity index (χ2v) is 12.5. The number of hydrogen-bond acceptors (Lipinski definition) is 7. The molecule has 0 saturated carbocycles. The molecule has 2 aliphatic heterocycles. The average Bonchev–Trinajstić information content (AvgIpc) is 3.68. The molecule has 0 radical (unpaired) electrons. The highest BCUT2D eigenvalue weighted by atomic mass is 127. The Morgan fingerprint density at radius 3 is 2.37 bits per heavy atom. The molecule has 0 amide bonds. The van der Waals surface area contributed by atoms with Gasteiger partial charge in [0.25, 0.3) is 0 Å². The Morgan fingerprint density at radius 2 is 1.63 bits per heavy atom. The van der Waals surface area contributed by atoms with Gasteiger partial charge in [0.05, 0.1) is 10.9 Å². The van der Waals surface area contributed by atoms with E-state index >= 15 is 0 Å². The van der Waals surface area contributed by atoms with E-state index in [2.05, 4.69) is 32.6 Å². The summed E-state index contributed by atoms with van der Waals surface area (Å²) in [5.41, 5.74) is 3.95. The summed E-state index contributed by atoms with van der Waals surface area (Å²) in [5.74, 6) is -1.35. The number of hydrogen-bond donors (Lipinski definition) is 0. The largest absolute Gasteiger partial charge is 0.451 e. The van der Waals surface area contributed by atoms with E-state index in [0.29, 0.717) is 10.6 Å².